The van der Waals surface area contributed by atoms with Crippen LogP contribution in [-0.4, -0.2) is 26.2 Å². The molecule has 0 aliphatic rings. The number of methoxy groups -OCH3 is 2. The van der Waals surface area contributed by atoms with E-state index in [1.165, 1.54) is 20.3 Å². The van der Waals surface area contributed by atoms with Crippen molar-refractivity contribution in [2.45, 2.75) is 26.8 Å². The Morgan fingerprint density at radius 3 is 2.14 bits per heavy atom. The maximum Gasteiger partial charge on any atom is 0.241 e. The third kappa shape index (κ3) is 4.75. The molecule has 0 radical (unpaired) electrons. The molecule has 1 aromatic rings. The first-order valence-corrected chi connectivity index (χ1v) is 6.18. The van der Waals surface area contributed by atoms with Crippen LogP contribution in [0.2, 0.25) is 0 Å². The van der Waals surface area contributed by atoms with Crippen LogP contribution in [0.3, 0.4) is 0 Å². The number of benzene rings is 1. The van der Waals surface area contributed by atoms with Gasteiger partial charge in [-0.25, -0.2) is 4.39 Å². The summed E-state index contributed by atoms with van der Waals surface area (Å²) in [5, 5.41) is 2.47. The highest BCUT2D eigenvalue weighted by molar-refractivity contribution is 5.95. The van der Waals surface area contributed by atoms with Gasteiger partial charge in [0.15, 0.2) is 17.3 Å². The number of rotatable bonds is 4. The summed E-state index contributed by atoms with van der Waals surface area (Å²) in [6.07, 6.45) is 0. The summed E-state index contributed by atoms with van der Waals surface area (Å²) in [7, 11) is 2.84. The van der Waals surface area contributed by atoms with Crippen LogP contribution in [0.15, 0.2) is 12.1 Å². The zero-order chi connectivity index (χ0) is 15.5. The van der Waals surface area contributed by atoms with Gasteiger partial charge in [0.25, 0.3) is 0 Å². The second kappa shape index (κ2) is 7.47. The van der Waals surface area contributed by atoms with Crippen molar-refractivity contribution in [2.24, 2.45) is 11.1 Å². The second-order valence-corrected chi connectivity index (χ2v) is 5.52. The van der Waals surface area contributed by atoms with Crippen LogP contribution >= 0.6 is 12.4 Å². The summed E-state index contributed by atoms with van der Waals surface area (Å²) < 4.78 is 23.9. The van der Waals surface area contributed by atoms with Crippen molar-refractivity contribution < 1.29 is 18.7 Å². The van der Waals surface area contributed by atoms with Crippen LogP contribution in [0.4, 0.5) is 10.1 Å². The number of hydrogen-bond donors (Lipinski definition) is 2. The highest BCUT2D eigenvalue weighted by Crippen LogP contribution is 2.32. The maximum absolute atomic E-state index is 13.9. The van der Waals surface area contributed by atoms with E-state index < -0.39 is 23.2 Å². The van der Waals surface area contributed by atoms with E-state index in [-0.39, 0.29) is 23.8 Å². The summed E-state index contributed by atoms with van der Waals surface area (Å²) in [5.74, 6) is -0.489. The highest BCUT2D eigenvalue weighted by atomic mass is 35.5. The van der Waals surface area contributed by atoms with E-state index >= 15 is 0 Å². The Hall–Kier alpha value is -1.53. The molecule has 3 N–H and O–H groups in total. The number of ether oxygens (including phenoxy) is 2. The van der Waals surface area contributed by atoms with E-state index in [9.17, 15) is 9.18 Å². The van der Waals surface area contributed by atoms with E-state index in [1.807, 2.05) is 20.8 Å². The third-order valence-electron chi connectivity index (χ3n) is 2.95. The molecule has 0 fully saturated rings. The minimum Gasteiger partial charge on any atom is -0.493 e. The fraction of sp³-hybridized carbons (Fsp3) is 0.500. The Labute approximate surface area is 130 Å². The Balaban J connectivity index is 0.00000400. The van der Waals surface area contributed by atoms with Crippen molar-refractivity contribution >= 4 is 24.0 Å². The van der Waals surface area contributed by atoms with E-state index in [0.717, 1.165) is 6.07 Å². The lowest BCUT2D eigenvalue weighted by Crippen LogP contribution is -2.45. The van der Waals surface area contributed by atoms with Gasteiger partial charge in [0.2, 0.25) is 5.91 Å². The molecule has 1 atom stereocenters. The van der Waals surface area contributed by atoms with Gasteiger partial charge in [-0.2, -0.15) is 0 Å². The maximum atomic E-state index is 13.9. The number of hydrogen-bond acceptors (Lipinski definition) is 4. The SMILES string of the molecule is COc1cc(F)c(NC(=O)[C@@H](N)C(C)(C)C)cc1OC.Cl. The quantitative estimate of drug-likeness (QED) is 0.894. The Morgan fingerprint density at radius 2 is 1.71 bits per heavy atom. The molecule has 0 aliphatic carbocycles. The smallest absolute Gasteiger partial charge is 0.241 e. The normalized spacial score (nSPS) is 12.1. The Kier molecular flexibility index (Phi) is 6.93. The van der Waals surface area contributed by atoms with Gasteiger partial charge in [0, 0.05) is 12.1 Å². The lowest BCUT2D eigenvalue weighted by molar-refractivity contribution is -0.119. The zero-order valence-corrected chi connectivity index (χ0v) is 13.6. The van der Waals surface area contributed by atoms with Crippen molar-refractivity contribution in [3.05, 3.63) is 17.9 Å². The molecule has 0 saturated carbocycles. The van der Waals surface area contributed by atoms with E-state index in [4.69, 9.17) is 15.2 Å². The average Bonchev–Trinajstić information content (AvgIpc) is 2.38. The molecular formula is C14H22ClFN2O3. The molecule has 21 heavy (non-hydrogen) atoms. The Bertz CT molecular complexity index is 504. The minimum atomic E-state index is -0.755. The summed E-state index contributed by atoms with van der Waals surface area (Å²) in [4.78, 5) is 12.0. The van der Waals surface area contributed by atoms with Crippen LogP contribution in [0.1, 0.15) is 20.8 Å². The molecule has 7 heteroatoms. The van der Waals surface area contributed by atoms with Gasteiger partial charge in [-0.1, -0.05) is 20.8 Å². The van der Waals surface area contributed by atoms with Crippen LogP contribution in [0, 0.1) is 11.2 Å². The molecule has 0 saturated heterocycles. The van der Waals surface area contributed by atoms with Crippen molar-refractivity contribution in [1.82, 2.24) is 0 Å². The molecule has 0 aromatic heterocycles. The predicted octanol–water partition coefficient (Wildman–Crippen LogP) is 2.58. The molecule has 1 rings (SSSR count). The zero-order valence-electron chi connectivity index (χ0n) is 12.8. The van der Waals surface area contributed by atoms with Crippen molar-refractivity contribution in [2.75, 3.05) is 19.5 Å². The van der Waals surface area contributed by atoms with Gasteiger partial charge in [0.1, 0.15) is 0 Å². The first-order valence-electron chi connectivity index (χ1n) is 6.18. The molecule has 0 heterocycles. The Morgan fingerprint density at radius 1 is 1.24 bits per heavy atom. The largest absolute Gasteiger partial charge is 0.493 e. The lowest BCUT2D eigenvalue weighted by Gasteiger charge is -2.26. The van der Waals surface area contributed by atoms with E-state index in [0.29, 0.717) is 5.75 Å². The highest BCUT2D eigenvalue weighted by Gasteiger charge is 2.28. The van der Waals surface area contributed by atoms with Gasteiger partial charge in [0.05, 0.1) is 25.9 Å². The molecule has 5 nitrogen and oxygen atoms in total. The monoisotopic (exact) mass is 320 g/mol. The number of amides is 1. The first-order chi connectivity index (χ1) is 9.20. The minimum absolute atomic E-state index is 0. The fourth-order valence-electron chi connectivity index (χ4n) is 1.55. The number of nitrogens with two attached hydrogens (primary N) is 1. The van der Waals surface area contributed by atoms with Crippen LogP contribution in [0.5, 0.6) is 11.5 Å². The standard InChI is InChI=1S/C14H21FN2O3.ClH/c1-14(2,3)12(16)13(18)17-9-7-11(20-5)10(19-4)6-8(9)15;/h6-7,12H,16H2,1-5H3,(H,17,18);1H/t12-;/m1./s1. The predicted molar refractivity (Wildman–Crippen MR) is 82.8 cm³/mol. The number of halogens is 2. The topological polar surface area (TPSA) is 73.6 Å². The molecule has 0 spiro atoms. The molecule has 0 bridgehead atoms. The number of carbonyl (C=O) groups excluding carboxylic acids is 1. The first kappa shape index (κ1) is 19.5. The van der Waals surface area contributed by atoms with Crippen molar-refractivity contribution in [1.29, 1.82) is 0 Å². The van der Waals surface area contributed by atoms with Crippen molar-refractivity contribution in [3.63, 3.8) is 0 Å². The molecular weight excluding hydrogens is 299 g/mol. The second-order valence-electron chi connectivity index (χ2n) is 5.52. The third-order valence-corrected chi connectivity index (χ3v) is 2.95. The summed E-state index contributed by atoms with van der Waals surface area (Å²) in [5.41, 5.74) is 5.42. The van der Waals surface area contributed by atoms with Gasteiger partial charge in [-0.15, -0.1) is 12.4 Å². The lowest BCUT2D eigenvalue weighted by atomic mass is 9.87. The van der Waals surface area contributed by atoms with Gasteiger partial charge in [-0.3, -0.25) is 4.79 Å². The van der Waals surface area contributed by atoms with Gasteiger partial charge in [-0.05, 0) is 5.41 Å². The number of anilines is 1. The summed E-state index contributed by atoms with van der Waals surface area (Å²) in [6.45, 7) is 5.51. The van der Waals surface area contributed by atoms with Crippen LogP contribution in [-0.2, 0) is 4.79 Å². The van der Waals surface area contributed by atoms with Gasteiger partial charge < -0.3 is 20.5 Å². The fourth-order valence-corrected chi connectivity index (χ4v) is 1.55. The summed E-state index contributed by atoms with van der Waals surface area (Å²) in [6, 6.07) is 1.76. The number of carbonyl (C=O) groups is 1. The molecule has 120 valence electrons. The summed E-state index contributed by atoms with van der Waals surface area (Å²) >= 11 is 0. The molecule has 1 aromatic carbocycles. The van der Waals surface area contributed by atoms with Crippen LogP contribution < -0.4 is 20.5 Å². The molecule has 0 aliphatic heterocycles. The van der Waals surface area contributed by atoms with Gasteiger partial charge >= 0.3 is 0 Å². The number of nitrogens with one attached hydrogen (secondary N) is 1. The molecule has 1 amide bonds. The average molecular weight is 321 g/mol. The van der Waals surface area contributed by atoms with E-state index in [2.05, 4.69) is 5.32 Å². The van der Waals surface area contributed by atoms with Crippen LogP contribution in [0.25, 0.3) is 0 Å². The van der Waals surface area contributed by atoms with Crippen molar-refractivity contribution in [3.8, 4) is 11.5 Å². The van der Waals surface area contributed by atoms with E-state index in [1.54, 1.807) is 0 Å². The molecule has 0 unspecified atom stereocenters.